The average molecular weight is 386 g/mol. The summed E-state index contributed by atoms with van der Waals surface area (Å²) >= 11 is 0. The smallest absolute Gasteiger partial charge is 0.460 e. The van der Waals surface area contributed by atoms with Crippen LogP contribution in [0.4, 0.5) is 30.7 Å². The molecule has 0 aromatic rings. The number of hydrogen-bond donors (Lipinski definition) is 0. The summed E-state index contributed by atoms with van der Waals surface area (Å²) in [5.74, 6) is -14.2. The van der Waals surface area contributed by atoms with Crippen molar-refractivity contribution in [2.24, 2.45) is 5.41 Å². The van der Waals surface area contributed by atoms with Crippen molar-refractivity contribution in [3.8, 4) is 0 Å². The van der Waals surface area contributed by atoms with Gasteiger partial charge in [-0.3, -0.25) is 4.79 Å². The van der Waals surface area contributed by atoms with Gasteiger partial charge in [0.1, 0.15) is 13.2 Å². The number of hydrogen-bond acceptors (Lipinski definition) is 5. The van der Waals surface area contributed by atoms with Crippen LogP contribution in [0.5, 0.6) is 0 Å². The van der Waals surface area contributed by atoms with Crippen molar-refractivity contribution in [2.75, 3.05) is 26.4 Å². The van der Waals surface area contributed by atoms with Crippen LogP contribution in [0.1, 0.15) is 20.8 Å². The largest absolute Gasteiger partial charge is 0.463 e. The summed E-state index contributed by atoms with van der Waals surface area (Å²) in [7, 11) is 0. The molecular formula is C13H17F7O5. The molecule has 148 valence electrons. The van der Waals surface area contributed by atoms with Gasteiger partial charge in [-0.2, -0.15) is 30.7 Å². The van der Waals surface area contributed by atoms with Crippen LogP contribution in [0, 0.1) is 5.41 Å². The van der Waals surface area contributed by atoms with E-state index in [4.69, 9.17) is 4.74 Å². The first kappa shape index (κ1) is 23.4. The van der Waals surface area contributed by atoms with Crippen LogP contribution >= 0.6 is 0 Å². The maximum atomic E-state index is 12.9. The third kappa shape index (κ3) is 7.04. The lowest BCUT2D eigenvalue weighted by Gasteiger charge is -2.27. The van der Waals surface area contributed by atoms with Crippen LogP contribution in [0.2, 0.25) is 0 Å². The Labute approximate surface area is 138 Å². The van der Waals surface area contributed by atoms with Gasteiger partial charge in [0.25, 0.3) is 0 Å². The zero-order valence-electron chi connectivity index (χ0n) is 13.5. The highest BCUT2D eigenvalue weighted by atomic mass is 19.4. The molecule has 0 saturated carbocycles. The fourth-order valence-corrected chi connectivity index (χ4v) is 1.08. The van der Waals surface area contributed by atoms with Gasteiger partial charge in [-0.05, 0) is 20.8 Å². The third-order valence-electron chi connectivity index (χ3n) is 2.52. The van der Waals surface area contributed by atoms with E-state index in [0.717, 1.165) is 0 Å². The summed E-state index contributed by atoms with van der Waals surface area (Å²) in [6.45, 7) is 0.624. The predicted octanol–water partition coefficient (Wildman–Crippen LogP) is 2.97. The summed E-state index contributed by atoms with van der Waals surface area (Å²) in [5, 5.41) is 0. The van der Waals surface area contributed by atoms with E-state index < -0.39 is 48.6 Å². The molecule has 0 rings (SSSR count). The molecule has 0 aliphatic rings. The standard InChI is InChI=1S/C13H17F7O5/c1-10(2,3)9(22)24-5-4-23-6-8(21)25-7-11(14,15)12(16,17)13(18,19)20/h4-7H2,1-3H3. The Morgan fingerprint density at radius 2 is 1.36 bits per heavy atom. The van der Waals surface area contributed by atoms with Crippen LogP contribution in [-0.2, 0) is 23.8 Å². The normalized spacial score (nSPS) is 13.5. The van der Waals surface area contributed by atoms with Gasteiger partial charge in [-0.1, -0.05) is 0 Å². The van der Waals surface area contributed by atoms with Gasteiger partial charge in [0, 0.05) is 0 Å². The topological polar surface area (TPSA) is 61.8 Å². The van der Waals surface area contributed by atoms with Crippen LogP contribution in [0.3, 0.4) is 0 Å². The highest BCUT2D eigenvalue weighted by Gasteiger charge is 2.73. The summed E-state index contributed by atoms with van der Waals surface area (Å²) in [5.41, 5.74) is -0.784. The number of rotatable bonds is 8. The quantitative estimate of drug-likeness (QED) is 0.365. The zero-order valence-corrected chi connectivity index (χ0v) is 13.5. The lowest BCUT2D eigenvalue weighted by molar-refractivity contribution is -0.359. The van der Waals surface area contributed by atoms with E-state index in [-0.39, 0.29) is 13.2 Å². The second kappa shape index (κ2) is 8.19. The first-order valence-corrected chi connectivity index (χ1v) is 6.75. The molecule has 0 amide bonds. The number of carbonyl (C=O) groups is 2. The summed E-state index contributed by atoms with van der Waals surface area (Å²) in [6, 6.07) is 0. The predicted molar refractivity (Wildman–Crippen MR) is 68.1 cm³/mol. The van der Waals surface area contributed by atoms with E-state index in [9.17, 15) is 40.3 Å². The van der Waals surface area contributed by atoms with Gasteiger partial charge in [0.05, 0.1) is 12.0 Å². The summed E-state index contributed by atoms with van der Waals surface area (Å²) in [6.07, 6.45) is -6.50. The van der Waals surface area contributed by atoms with E-state index in [1.54, 1.807) is 20.8 Å². The van der Waals surface area contributed by atoms with Crippen LogP contribution in [0.25, 0.3) is 0 Å². The maximum absolute atomic E-state index is 12.9. The lowest BCUT2D eigenvalue weighted by Crippen LogP contribution is -2.54. The van der Waals surface area contributed by atoms with Crippen molar-refractivity contribution in [3.63, 3.8) is 0 Å². The molecule has 12 heteroatoms. The van der Waals surface area contributed by atoms with Gasteiger partial charge in [-0.15, -0.1) is 0 Å². The van der Waals surface area contributed by atoms with Crippen LogP contribution in [0.15, 0.2) is 0 Å². The summed E-state index contributed by atoms with van der Waals surface area (Å²) < 4.78 is 99.3. The fraction of sp³-hybridized carbons (Fsp3) is 0.846. The van der Waals surface area contributed by atoms with Crippen LogP contribution in [-0.4, -0.2) is 56.4 Å². The molecule has 0 aromatic heterocycles. The Kier molecular flexibility index (Phi) is 7.67. The molecule has 0 heterocycles. The van der Waals surface area contributed by atoms with Gasteiger partial charge in [-0.25, -0.2) is 4.79 Å². The first-order valence-electron chi connectivity index (χ1n) is 6.75. The van der Waals surface area contributed by atoms with Crippen LogP contribution < -0.4 is 0 Å². The molecule has 0 atom stereocenters. The molecule has 0 aliphatic carbocycles. The highest BCUT2D eigenvalue weighted by molar-refractivity contribution is 5.75. The molecule has 0 radical (unpaired) electrons. The first-order chi connectivity index (χ1) is 11.0. The van der Waals surface area contributed by atoms with E-state index in [2.05, 4.69) is 9.47 Å². The Balaban J connectivity index is 4.19. The molecule has 0 aromatic carbocycles. The molecule has 0 unspecified atom stereocenters. The molecule has 0 bridgehead atoms. The van der Waals surface area contributed by atoms with Gasteiger partial charge in [0.15, 0.2) is 6.61 Å². The minimum Gasteiger partial charge on any atom is -0.463 e. The van der Waals surface area contributed by atoms with Crippen molar-refractivity contribution < 1.29 is 54.5 Å². The average Bonchev–Trinajstić information content (AvgIpc) is 2.42. The minimum atomic E-state index is -6.50. The number of ether oxygens (including phenoxy) is 3. The van der Waals surface area contributed by atoms with Crippen molar-refractivity contribution in [1.82, 2.24) is 0 Å². The SMILES string of the molecule is CC(C)(C)C(=O)OCCOCC(=O)OCC(F)(F)C(F)(F)C(F)(F)F. The molecule has 0 fully saturated rings. The maximum Gasteiger partial charge on any atom is 0.460 e. The number of carbonyl (C=O) groups excluding carboxylic acids is 2. The van der Waals surface area contributed by atoms with E-state index >= 15 is 0 Å². The third-order valence-corrected chi connectivity index (χ3v) is 2.52. The monoisotopic (exact) mass is 386 g/mol. The Bertz CT molecular complexity index is 468. The van der Waals surface area contributed by atoms with Gasteiger partial charge in [0.2, 0.25) is 0 Å². The van der Waals surface area contributed by atoms with Crippen molar-refractivity contribution in [2.45, 2.75) is 38.8 Å². The van der Waals surface area contributed by atoms with Crippen molar-refractivity contribution in [1.29, 1.82) is 0 Å². The second-order valence-corrected chi connectivity index (χ2v) is 5.88. The zero-order chi connectivity index (χ0) is 20.1. The van der Waals surface area contributed by atoms with Crippen molar-refractivity contribution >= 4 is 11.9 Å². The summed E-state index contributed by atoms with van der Waals surface area (Å²) in [4.78, 5) is 22.3. The van der Waals surface area contributed by atoms with Gasteiger partial charge >= 0.3 is 30.0 Å². The molecule has 0 aliphatic heterocycles. The molecule has 0 N–H and O–H groups in total. The molecule has 0 spiro atoms. The second-order valence-electron chi connectivity index (χ2n) is 5.88. The molecule has 0 saturated heterocycles. The highest BCUT2D eigenvalue weighted by Crippen LogP contribution is 2.46. The van der Waals surface area contributed by atoms with Crippen molar-refractivity contribution in [3.05, 3.63) is 0 Å². The number of esters is 2. The lowest BCUT2D eigenvalue weighted by atomic mass is 9.97. The number of alkyl halides is 7. The van der Waals surface area contributed by atoms with E-state index in [1.165, 1.54) is 0 Å². The molecule has 25 heavy (non-hydrogen) atoms. The van der Waals surface area contributed by atoms with E-state index in [0.29, 0.717) is 0 Å². The minimum absolute atomic E-state index is 0.286. The Hall–Kier alpha value is -1.59. The molecular weight excluding hydrogens is 369 g/mol. The van der Waals surface area contributed by atoms with Gasteiger partial charge < -0.3 is 14.2 Å². The fourth-order valence-electron chi connectivity index (χ4n) is 1.08. The number of halogens is 7. The Morgan fingerprint density at radius 1 is 0.840 bits per heavy atom. The Morgan fingerprint density at radius 3 is 1.80 bits per heavy atom. The molecule has 5 nitrogen and oxygen atoms in total. The van der Waals surface area contributed by atoms with E-state index in [1.807, 2.05) is 0 Å².